The summed E-state index contributed by atoms with van der Waals surface area (Å²) in [5.74, 6) is 0.654. The van der Waals surface area contributed by atoms with E-state index in [0.29, 0.717) is 5.79 Å². The fourth-order valence-corrected chi connectivity index (χ4v) is 3.88. The van der Waals surface area contributed by atoms with Gasteiger partial charge in [0.2, 0.25) is 0 Å². The summed E-state index contributed by atoms with van der Waals surface area (Å²) >= 11 is 0. The van der Waals surface area contributed by atoms with Crippen molar-refractivity contribution in [2.75, 3.05) is 0 Å². The Morgan fingerprint density at radius 1 is 0.786 bits per heavy atom. The van der Waals surface area contributed by atoms with Gasteiger partial charge in [0.25, 0.3) is 0 Å². The Hall–Kier alpha value is 0.137. The van der Waals surface area contributed by atoms with E-state index in [1.807, 2.05) is 0 Å². The zero-order chi connectivity index (χ0) is 9.80. The Balaban J connectivity index is 1.64. The summed E-state index contributed by atoms with van der Waals surface area (Å²) < 4.78 is 0. The van der Waals surface area contributed by atoms with Crippen molar-refractivity contribution in [3.8, 4) is 0 Å². The molecule has 0 aromatic heterocycles. The number of hydrogen-bond donors (Lipinski definition) is 2. The van der Waals surface area contributed by atoms with Crippen LogP contribution in [0, 0.1) is 0 Å². The Kier molecular flexibility index (Phi) is 4.02. The van der Waals surface area contributed by atoms with Gasteiger partial charge in [-0.2, -0.15) is 0 Å². The predicted molar refractivity (Wildman–Crippen MR) is 64.5 cm³/mol. The summed E-state index contributed by atoms with van der Waals surface area (Å²) in [6.07, 6.45) is 11.4. The Morgan fingerprint density at radius 2 is 1.14 bits per heavy atom. The van der Waals surface area contributed by atoms with E-state index < -0.39 is 0 Å². The highest BCUT2D eigenvalue weighted by molar-refractivity contribution is 6.11. The van der Waals surface area contributed by atoms with E-state index in [9.17, 15) is 0 Å². The highest BCUT2D eigenvalue weighted by Crippen LogP contribution is 2.19. The topological polar surface area (TPSA) is 24.1 Å². The molecule has 0 aromatic rings. The summed E-state index contributed by atoms with van der Waals surface area (Å²) in [7, 11) is 1.24. The van der Waals surface area contributed by atoms with Crippen LogP contribution in [0.4, 0.5) is 0 Å². The highest BCUT2D eigenvalue weighted by atomic mass is 28.1. The lowest BCUT2D eigenvalue weighted by atomic mass is 10.2. The fraction of sp³-hybridized carbons (Fsp3) is 1.00. The van der Waals surface area contributed by atoms with Crippen LogP contribution in [0.2, 0.25) is 0 Å². The van der Waals surface area contributed by atoms with Crippen molar-refractivity contribution >= 4 is 10.2 Å². The van der Waals surface area contributed by atoms with Crippen LogP contribution in [-0.4, -0.2) is 28.1 Å². The zero-order valence-electron chi connectivity index (χ0n) is 9.39. The molecule has 2 saturated carbocycles. The second-order valence-corrected chi connectivity index (χ2v) is 6.17. The number of hydrogen-bond acceptors (Lipinski definition) is 2. The molecule has 2 N–H and O–H groups in total. The highest BCUT2D eigenvalue weighted by Gasteiger charge is 2.20. The number of rotatable bonds is 4. The van der Waals surface area contributed by atoms with Crippen LogP contribution >= 0.6 is 0 Å². The first-order valence-electron chi connectivity index (χ1n) is 6.37. The smallest absolute Gasteiger partial charge is 0.0423 e. The lowest BCUT2D eigenvalue weighted by molar-refractivity contribution is 0.406. The van der Waals surface area contributed by atoms with Gasteiger partial charge in [0.1, 0.15) is 0 Å². The minimum Gasteiger partial charge on any atom is -0.303 e. The molecule has 0 amide bonds. The molecule has 0 bridgehead atoms. The van der Waals surface area contributed by atoms with Crippen molar-refractivity contribution in [2.24, 2.45) is 0 Å². The lowest BCUT2D eigenvalue weighted by Gasteiger charge is -2.24. The zero-order valence-corrected chi connectivity index (χ0v) is 11.4. The monoisotopic (exact) mass is 212 g/mol. The third-order valence-corrected chi connectivity index (χ3v) is 4.35. The molecule has 2 aliphatic carbocycles. The van der Waals surface area contributed by atoms with Gasteiger partial charge in [-0.3, -0.25) is 0 Å². The molecule has 2 rings (SSSR count). The van der Waals surface area contributed by atoms with E-state index in [1.165, 1.54) is 61.6 Å². The van der Waals surface area contributed by atoms with E-state index in [1.54, 1.807) is 0 Å². The summed E-state index contributed by atoms with van der Waals surface area (Å²) in [6.45, 7) is 0. The van der Waals surface area contributed by atoms with Crippen molar-refractivity contribution in [3.63, 3.8) is 0 Å². The molecular weight excluding hydrogens is 188 g/mol. The molecule has 0 heterocycles. The van der Waals surface area contributed by atoms with Crippen LogP contribution in [0.3, 0.4) is 0 Å². The van der Waals surface area contributed by atoms with Gasteiger partial charge >= 0.3 is 0 Å². The lowest BCUT2D eigenvalue weighted by Crippen LogP contribution is -2.50. The number of nitrogens with one attached hydrogen (secondary N) is 2. The van der Waals surface area contributed by atoms with Crippen LogP contribution in [0.25, 0.3) is 0 Å². The molecule has 0 radical (unpaired) electrons. The van der Waals surface area contributed by atoms with Gasteiger partial charge in [0, 0.05) is 28.1 Å². The van der Waals surface area contributed by atoms with Gasteiger partial charge in [0.15, 0.2) is 0 Å². The minimum absolute atomic E-state index is 0.654. The van der Waals surface area contributed by atoms with Crippen LogP contribution < -0.4 is 10.6 Å². The largest absolute Gasteiger partial charge is 0.303 e. The fourth-order valence-electron chi connectivity index (χ4n) is 2.94. The van der Waals surface area contributed by atoms with Gasteiger partial charge in [-0.25, -0.2) is 0 Å². The first kappa shape index (κ1) is 10.6. The molecule has 0 saturated heterocycles. The third kappa shape index (κ3) is 3.07. The quantitative estimate of drug-likeness (QED) is 0.529. The second-order valence-electron chi connectivity index (χ2n) is 5.02. The minimum atomic E-state index is 0.654. The SMILES string of the molecule is [SiH3]C(NC1CCCC1)NC1CCCC1. The maximum Gasteiger partial charge on any atom is 0.0423 e. The maximum absolute atomic E-state index is 3.76. The first-order chi connectivity index (χ1) is 6.84. The van der Waals surface area contributed by atoms with Gasteiger partial charge in [-0.15, -0.1) is 0 Å². The van der Waals surface area contributed by atoms with Crippen LogP contribution in [0.15, 0.2) is 0 Å². The molecule has 14 heavy (non-hydrogen) atoms. The van der Waals surface area contributed by atoms with Crippen molar-refractivity contribution in [2.45, 2.75) is 69.2 Å². The summed E-state index contributed by atoms with van der Waals surface area (Å²) in [6, 6.07) is 1.65. The normalized spacial score (nSPS) is 25.5. The van der Waals surface area contributed by atoms with Crippen LogP contribution in [0.5, 0.6) is 0 Å². The van der Waals surface area contributed by atoms with Crippen LogP contribution in [0.1, 0.15) is 51.4 Å². The maximum atomic E-state index is 3.76. The van der Waals surface area contributed by atoms with Gasteiger partial charge in [-0.05, 0) is 25.7 Å². The summed E-state index contributed by atoms with van der Waals surface area (Å²) in [5.41, 5.74) is 0. The van der Waals surface area contributed by atoms with E-state index in [-0.39, 0.29) is 0 Å². The molecule has 0 spiro atoms. The van der Waals surface area contributed by atoms with Crippen molar-refractivity contribution in [1.29, 1.82) is 0 Å². The molecular formula is C11H24N2Si. The molecule has 2 nitrogen and oxygen atoms in total. The summed E-state index contributed by atoms with van der Waals surface area (Å²) in [4.78, 5) is 0. The standard InChI is InChI=1S/C11H24N2Si/c14-11(12-9-5-1-2-6-9)13-10-7-3-4-8-10/h9-13H,1-8H2,14H3. The first-order valence-corrected chi connectivity index (χ1v) is 7.52. The molecule has 82 valence electrons. The van der Waals surface area contributed by atoms with E-state index >= 15 is 0 Å². The van der Waals surface area contributed by atoms with E-state index in [0.717, 1.165) is 12.1 Å². The molecule has 0 aromatic carbocycles. The van der Waals surface area contributed by atoms with Gasteiger partial charge in [0.05, 0.1) is 0 Å². The molecule has 3 heteroatoms. The predicted octanol–water partition coefficient (Wildman–Crippen LogP) is 0.700. The summed E-state index contributed by atoms with van der Waals surface area (Å²) in [5, 5.41) is 7.51. The molecule has 2 aliphatic rings. The third-order valence-electron chi connectivity index (χ3n) is 3.68. The molecule has 0 aliphatic heterocycles. The van der Waals surface area contributed by atoms with Gasteiger partial charge in [-0.1, -0.05) is 25.7 Å². The average Bonchev–Trinajstić information content (AvgIpc) is 2.76. The average molecular weight is 212 g/mol. The second kappa shape index (κ2) is 5.28. The molecule has 0 atom stereocenters. The van der Waals surface area contributed by atoms with E-state index in [4.69, 9.17) is 0 Å². The Labute approximate surface area is 90.6 Å². The van der Waals surface area contributed by atoms with Crippen LogP contribution in [-0.2, 0) is 0 Å². The van der Waals surface area contributed by atoms with Crippen molar-refractivity contribution < 1.29 is 0 Å². The van der Waals surface area contributed by atoms with Gasteiger partial charge < -0.3 is 10.6 Å². The van der Waals surface area contributed by atoms with E-state index in [2.05, 4.69) is 10.6 Å². The van der Waals surface area contributed by atoms with Crippen molar-refractivity contribution in [3.05, 3.63) is 0 Å². The Bertz CT molecular complexity index is 145. The molecule has 2 fully saturated rings. The molecule has 0 unspecified atom stereocenters. The van der Waals surface area contributed by atoms with Crippen molar-refractivity contribution in [1.82, 2.24) is 10.6 Å². The Morgan fingerprint density at radius 3 is 1.50 bits per heavy atom.